The third kappa shape index (κ3) is 2.13. The van der Waals surface area contributed by atoms with Gasteiger partial charge in [0.2, 0.25) is 0 Å². The minimum absolute atomic E-state index is 0.0778. The van der Waals surface area contributed by atoms with Gasteiger partial charge in [0.25, 0.3) is 5.89 Å². The molecular weight excluding hydrogens is 200 g/mol. The molecule has 0 radical (unpaired) electrons. The molecule has 3 nitrogen and oxygen atoms in total. The fraction of sp³-hybridized carbons (Fsp3) is 0.385. The molecule has 0 aliphatic carbocycles. The lowest BCUT2D eigenvalue weighted by atomic mass is 9.96. The zero-order valence-electron chi connectivity index (χ0n) is 10.1. The van der Waals surface area contributed by atoms with E-state index in [0.29, 0.717) is 5.89 Å². The maximum absolute atomic E-state index is 5.27. The maximum Gasteiger partial charge on any atom is 0.257 e. The normalized spacial score (nSPS) is 11.8. The lowest BCUT2D eigenvalue weighted by Crippen LogP contribution is -2.13. The Morgan fingerprint density at radius 2 is 1.94 bits per heavy atom. The van der Waals surface area contributed by atoms with Crippen molar-refractivity contribution in [2.75, 3.05) is 0 Å². The molecule has 0 unspecified atom stereocenters. The van der Waals surface area contributed by atoms with Crippen molar-refractivity contribution >= 4 is 0 Å². The molecule has 2 rings (SSSR count). The lowest BCUT2D eigenvalue weighted by molar-refractivity contribution is 0.402. The summed E-state index contributed by atoms with van der Waals surface area (Å²) in [6.07, 6.45) is 0. The van der Waals surface area contributed by atoms with E-state index in [1.165, 1.54) is 5.56 Å². The average molecular weight is 216 g/mol. The number of aryl methyl sites for hydroxylation is 1. The maximum atomic E-state index is 5.27. The van der Waals surface area contributed by atoms with Crippen LogP contribution in [0.3, 0.4) is 0 Å². The van der Waals surface area contributed by atoms with E-state index in [9.17, 15) is 0 Å². The molecule has 1 aromatic carbocycles. The highest BCUT2D eigenvalue weighted by atomic mass is 16.5. The Balaban J connectivity index is 2.39. The summed E-state index contributed by atoms with van der Waals surface area (Å²) in [5.74, 6) is 1.33. The number of aromatic nitrogens is 2. The van der Waals surface area contributed by atoms with Gasteiger partial charge in [-0.1, -0.05) is 43.6 Å². The Hall–Kier alpha value is -1.64. The highest BCUT2D eigenvalue weighted by Gasteiger charge is 2.21. The highest BCUT2D eigenvalue weighted by Crippen LogP contribution is 2.23. The van der Waals surface area contributed by atoms with Crippen molar-refractivity contribution in [3.63, 3.8) is 0 Å². The molecule has 0 saturated heterocycles. The van der Waals surface area contributed by atoms with Crippen LogP contribution < -0.4 is 0 Å². The van der Waals surface area contributed by atoms with Gasteiger partial charge in [-0.2, -0.15) is 4.98 Å². The predicted octanol–water partition coefficient (Wildman–Crippen LogP) is 3.34. The summed E-state index contributed by atoms with van der Waals surface area (Å²) >= 11 is 0. The van der Waals surface area contributed by atoms with E-state index in [1.807, 2.05) is 31.2 Å². The topological polar surface area (TPSA) is 38.9 Å². The van der Waals surface area contributed by atoms with Crippen molar-refractivity contribution in [1.82, 2.24) is 10.1 Å². The van der Waals surface area contributed by atoms with Crippen LogP contribution in [-0.4, -0.2) is 10.1 Å². The quantitative estimate of drug-likeness (QED) is 0.733. The fourth-order valence-electron chi connectivity index (χ4n) is 1.42. The largest absolute Gasteiger partial charge is 0.334 e. The van der Waals surface area contributed by atoms with Crippen molar-refractivity contribution in [3.8, 4) is 11.5 Å². The van der Waals surface area contributed by atoms with Gasteiger partial charge in [0.05, 0.1) is 0 Å². The molecule has 0 bridgehead atoms. The SMILES string of the molecule is Cc1cccc(-c2nc(C(C)(C)C)no2)c1. The first-order valence-corrected chi connectivity index (χ1v) is 5.38. The molecule has 0 amide bonds. The first kappa shape index (κ1) is 10.9. The average Bonchev–Trinajstić information content (AvgIpc) is 2.65. The molecule has 2 aromatic rings. The van der Waals surface area contributed by atoms with Crippen LogP contribution in [0, 0.1) is 6.92 Å². The molecule has 0 aliphatic heterocycles. The smallest absolute Gasteiger partial charge is 0.257 e. The van der Waals surface area contributed by atoms with Gasteiger partial charge < -0.3 is 4.52 Å². The van der Waals surface area contributed by atoms with E-state index < -0.39 is 0 Å². The van der Waals surface area contributed by atoms with Gasteiger partial charge >= 0.3 is 0 Å². The molecule has 84 valence electrons. The standard InChI is InChI=1S/C13H16N2O/c1-9-6-5-7-10(8-9)11-14-12(15-16-11)13(2,3)4/h5-8H,1-4H3. The predicted molar refractivity (Wildman–Crippen MR) is 63.2 cm³/mol. The second-order valence-corrected chi connectivity index (χ2v) is 5.04. The minimum Gasteiger partial charge on any atom is -0.334 e. The number of benzene rings is 1. The van der Waals surface area contributed by atoms with Crippen molar-refractivity contribution in [3.05, 3.63) is 35.7 Å². The van der Waals surface area contributed by atoms with Crippen molar-refractivity contribution in [2.24, 2.45) is 0 Å². The van der Waals surface area contributed by atoms with Crippen LogP contribution in [0.2, 0.25) is 0 Å². The molecule has 3 heteroatoms. The Kier molecular flexibility index (Phi) is 2.54. The molecule has 0 atom stereocenters. The molecule has 1 heterocycles. The number of hydrogen-bond acceptors (Lipinski definition) is 3. The van der Waals surface area contributed by atoms with Gasteiger partial charge in [-0.3, -0.25) is 0 Å². The summed E-state index contributed by atoms with van der Waals surface area (Å²) in [6, 6.07) is 8.06. The third-order valence-electron chi connectivity index (χ3n) is 2.36. The van der Waals surface area contributed by atoms with Crippen molar-refractivity contribution in [2.45, 2.75) is 33.1 Å². The molecule has 0 saturated carbocycles. The first-order valence-electron chi connectivity index (χ1n) is 5.38. The molecule has 0 fully saturated rings. The van der Waals surface area contributed by atoms with Gasteiger partial charge in [0.15, 0.2) is 5.82 Å². The summed E-state index contributed by atoms with van der Waals surface area (Å²) in [7, 11) is 0. The van der Waals surface area contributed by atoms with Crippen LogP contribution in [0.25, 0.3) is 11.5 Å². The van der Waals surface area contributed by atoms with Gasteiger partial charge in [-0.05, 0) is 19.1 Å². The van der Waals surface area contributed by atoms with E-state index in [4.69, 9.17) is 4.52 Å². The molecule has 0 spiro atoms. The van der Waals surface area contributed by atoms with E-state index in [-0.39, 0.29) is 5.41 Å². The Morgan fingerprint density at radius 3 is 2.50 bits per heavy atom. The van der Waals surface area contributed by atoms with E-state index in [1.54, 1.807) is 0 Å². The van der Waals surface area contributed by atoms with E-state index >= 15 is 0 Å². The third-order valence-corrected chi connectivity index (χ3v) is 2.36. The molecule has 1 aromatic heterocycles. The summed E-state index contributed by atoms with van der Waals surface area (Å²) < 4.78 is 5.27. The van der Waals surface area contributed by atoms with Gasteiger partial charge in [-0.25, -0.2) is 0 Å². The number of nitrogens with zero attached hydrogens (tertiary/aromatic N) is 2. The van der Waals surface area contributed by atoms with Gasteiger partial charge in [0, 0.05) is 11.0 Å². The van der Waals surface area contributed by atoms with Crippen LogP contribution in [0.4, 0.5) is 0 Å². The number of hydrogen-bond donors (Lipinski definition) is 0. The van der Waals surface area contributed by atoms with E-state index in [0.717, 1.165) is 11.4 Å². The summed E-state index contributed by atoms with van der Waals surface area (Å²) in [6.45, 7) is 8.25. The lowest BCUT2D eigenvalue weighted by Gasteiger charge is -2.10. The minimum atomic E-state index is -0.0778. The van der Waals surface area contributed by atoms with Crippen molar-refractivity contribution in [1.29, 1.82) is 0 Å². The van der Waals surface area contributed by atoms with Gasteiger partial charge in [0.1, 0.15) is 0 Å². The van der Waals surface area contributed by atoms with Crippen LogP contribution in [0.15, 0.2) is 28.8 Å². The highest BCUT2D eigenvalue weighted by molar-refractivity contribution is 5.53. The fourth-order valence-corrected chi connectivity index (χ4v) is 1.42. The Bertz CT molecular complexity index is 495. The number of rotatable bonds is 1. The molecular formula is C13H16N2O. The van der Waals surface area contributed by atoms with Crippen molar-refractivity contribution < 1.29 is 4.52 Å². The summed E-state index contributed by atoms with van der Waals surface area (Å²) in [5.41, 5.74) is 2.09. The zero-order chi connectivity index (χ0) is 11.8. The van der Waals surface area contributed by atoms with E-state index in [2.05, 4.69) is 30.9 Å². The first-order chi connectivity index (χ1) is 7.47. The van der Waals surface area contributed by atoms with Gasteiger partial charge in [-0.15, -0.1) is 0 Å². The summed E-state index contributed by atoms with van der Waals surface area (Å²) in [5, 5.41) is 4.01. The zero-order valence-corrected chi connectivity index (χ0v) is 10.1. The Labute approximate surface area is 95.5 Å². The molecule has 16 heavy (non-hydrogen) atoms. The van der Waals surface area contributed by atoms with Crippen LogP contribution in [0.5, 0.6) is 0 Å². The second-order valence-electron chi connectivity index (χ2n) is 5.04. The monoisotopic (exact) mass is 216 g/mol. The second kappa shape index (κ2) is 3.74. The summed E-state index contributed by atoms with van der Waals surface area (Å²) in [4.78, 5) is 4.42. The molecule has 0 N–H and O–H groups in total. The Morgan fingerprint density at radius 1 is 1.19 bits per heavy atom. The van der Waals surface area contributed by atoms with Crippen LogP contribution in [-0.2, 0) is 5.41 Å². The molecule has 0 aliphatic rings. The van der Waals surface area contributed by atoms with Crippen LogP contribution in [0.1, 0.15) is 32.2 Å². The van der Waals surface area contributed by atoms with Crippen LogP contribution >= 0.6 is 0 Å².